The first-order chi connectivity index (χ1) is 13.5. The van der Waals surface area contributed by atoms with Crippen LogP contribution < -0.4 is 4.90 Å². The summed E-state index contributed by atoms with van der Waals surface area (Å²) in [7, 11) is 0. The molecule has 140 valence electrons. The van der Waals surface area contributed by atoms with Crippen LogP contribution in [0, 0.1) is 13.8 Å². The Kier molecular flexibility index (Phi) is 4.57. The lowest BCUT2D eigenvalue weighted by Gasteiger charge is -2.25. The van der Waals surface area contributed by atoms with Gasteiger partial charge in [0.15, 0.2) is 0 Å². The minimum absolute atomic E-state index is 0.0994. The van der Waals surface area contributed by atoms with Crippen LogP contribution in [0.1, 0.15) is 27.6 Å². The zero-order chi connectivity index (χ0) is 19.8. The molecule has 1 N–H and O–H groups in total. The molecule has 1 fully saturated rings. The van der Waals surface area contributed by atoms with Crippen molar-refractivity contribution in [2.45, 2.75) is 19.9 Å². The van der Waals surface area contributed by atoms with E-state index >= 15 is 0 Å². The highest BCUT2D eigenvalue weighted by Crippen LogP contribution is 2.44. The molecule has 0 saturated carbocycles. The highest BCUT2D eigenvalue weighted by atomic mass is 32.1. The minimum Gasteiger partial charge on any atom is -0.507 e. The molecule has 1 atom stereocenters. The summed E-state index contributed by atoms with van der Waals surface area (Å²) in [6, 6.07) is 12.0. The van der Waals surface area contributed by atoms with Gasteiger partial charge in [-0.15, -0.1) is 11.3 Å². The van der Waals surface area contributed by atoms with Crippen LogP contribution in [0.15, 0.2) is 65.8 Å². The first-order valence-corrected chi connectivity index (χ1v) is 9.69. The lowest BCUT2D eigenvalue weighted by molar-refractivity contribution is -0.132. The molecular weight excluding hydrogens is 372 g/mol. The number of aryl methyl sites for hydroxylation is 2. The maximum Gasteiger partial charge on any atom is 0.300 e. The molecule has 2 aromatic heterocycles. The lowest BCUT2D eigenvalue weighted by Crippen LogP contribution is -2.29. The Morgan fingerprint density at radius 1 is 1.04 bits per heavy atom. The predicted molar refractivity (Wildman–Crippen MR) is 109 cm³/mol. The molecule has 0 spiro atoms. The van der Waals surface area contributed by atoms with Crippen LogP contribution in [0.4, 0.5) is 5.69 Å². The van der Waals surface area contributed by atoms with E-state index in [1.807, 2.05) is 49.6 Å². The Labute approximate surface area is 166 Å². The summed E-state index contributed by atoms with van der Waals surface area (Å²) in [5.74, 6) is -1.52. The van der Waals surface area contributed by atoms with E-state index in [4.69, 9.17) is 0 Å². The van der Waals surface area contributed by atoms with Crippen LogP contribution in [-0.4, -0.2) is 21.8 Å². The highest BCUT2D eigenvalue weighted by Gasteiger charge is 2.47. The third-order valence-electron chi connectivity index (χ3n) is 4.86. The Hall–Kier alpha value is -3.25. The molecule has 1 aliphatic heterocycles. The molecule has 28 heavy (non-hydrogen) atoms. The fourth-order valence-corrected chi connectivity index (χ4v) is 4.41. The fraction of sp³-hybridized carbons (Fsp3) is 0.136. The number of pyridine rings is 1. The molecule has 4 rings (SSSR count). The van der Waals surface area contributed by atoms with Crippen molar-refractivity contribution >= 4 is 34.5 Å². The van der Waals surface area contributed by atoms with E-state index in [0.29, 0.717) is 11.3 Å². The normalized spacial score (nSPS) is 18.6. The van der Waals surface area contributed by atoms with Gasteiger partial charge < -0.3 is 5.11 Å². The van der Waals surface area contributed by atoms with Gasteiger partial charge >= 0.3 is 0 Å². The number of aromatic nitrogens is 1. The molecule has 5 nitrogen and oxygen atoms in total. The SMILES string of the molecule is Cc1ccc(N2C(=O)C(=O)/C(=C(\O)c3ccncc3)C2c2sccc2C)cc1. The molecule has 1 saturated heterocycles. The summed E-state index contributed by atoms with van der Waals surface area (Å²) < 4.78 is 0. The van der Waals surface area contributed by atoms with Crippen molar-refractivity contribution in [1.82, 2.24) is 4.98 Å². The number of ketones is 1. The Balaban J connectivity index is 1.95. The first-order valence-electron chi connectivity index (χ1n) is 8.81. The molecule has 0 bridgehead atoms. The summed E-state index contributed by atoms with van der Waals surface area (Å²) in [6.45, 7) is 3.90. The summed E-state index contributed by atoms with van der Waals surface area (Å²) >= 11 is 1.47. The summed E-state index contributed by atoms with van der Waals surface area (Å²) in [4.78, 5) is 32.2. The quantitative estimate of drug-likeness (QED) is 0.409. The van der Waals surface area contributed by atoms with Gasteiger partial charge in [0.2, 0.25) is 0 Å². The average molecular weight is 390 g/mol. The number of benzene rings is 1. The lowest BCUT2D eigenvalue weighted by atomic mass is 9.98. The second kappa shape index (κ2) is 7.05. The molecule has 1 aromatic carbocycles. The highest BCUT2D eigenvalue weighted by molar-refractivity contribution is 7.10. The standard InChI is InChI=1S/C22H18N2O3S/c1-13-3-5-16(6-4-13)24-18(21-14(2)9-12-28-21)17(20(26)22(24)27)19(25)15-7-10-23-11-8-15/h3-12,18,25H,1-2H3/b19-17-. The van der Waals surface area contributed by atoms with E-state index in [1.54, 1.807) is 12.1 Å². The molecule has 3 aromatic rings. The molecule has 1 aliphatic rings. The number of nitrogens with zero attached hydrogens (tertiary/aromatic N) is 2. The number of hydrogen-bond donors (Lipinski definition) is 1. The largest absolute Gasteiger partial charge is 0.507 e. The number of carbonyl (C=O) groups is 2. The second-order valence-electron chi connectivity index (χ2n) is 6.71. The van der Waals surface area contributed by atoms with Gasteiger partial charge in [-0.1, -0.05) is 17.7 Å². The number of hydrogen-bond acceptors (Lipinski definition) is 5. The number of aliphatic hydroxyl groups is 1. The van der Waals surface area contributed by atoms with Crippen molar-refractivity contribution in [1.29, 1.82) is 0 Å². The Bertz CT molecular complexity index is 1080. The monoisotopic (exact) mass is 390 g/mol. The fourth-order valence-electron chi connectivity index (χ4n) is 3.38. The van der Waals surface area contributed by atoms with E-state index in [2.05, 4.69) is 4.98 Å². The van der Waals surface area contributed by atoms with Crippen molar-refractivity contribution in [3.05, 3.63) is 87.4 Å². The Morgan fingerprint density at radius 2 is 1.71 bits per heavy atom. The number of amides is 1. The van der Waals surface area contributed by atoms with Crippen molar-refractivity contribution in [2.24, 2.45) is 0 Å². The Morgan fingerprint density at radius 3 is 2.32 bits per heavy atom. The third kappa shape index (κ3) is 2.92. The van der Waals surface area contributed by atoms with Crippen molar-refractivity contribution in [3.8, 4) is 0 Å². The topological polar surface area (TPSA) is 70.5 Å². The van der Waals surface area contributed by atoms with Crippen molar-refractivity contribution in [2.75, 3.05) is 4.90 Å². The van der Waals surface area contributed by atoms with E-state index in [1.165, 1.54) is 28.6 Å². The maximum atomic E-state index is 13.0. The molecular formula is C22H18N2O3S. The predicted octanol–water partition coefficient (Wildman–Crippen LogP) is 4.39. The van der Waals surface area contributed by atoms with Crippen LogP contribution in [0.3, 0.4) is 0 Å². The van der Waals surface area contributed by atoms with Gasteiger partial charge in [-0.3, -0.25) is 19.5 Å². The maximum absolute atomic E-state index is 13.0. The van der Waals surface area contributed by atoms with Gasteiger partial charge in [-0.25, -0.2) is 0 Å². The summed E-state index contributed by atoms with van der Waals surface area (Å²) in [5.41, 5.74) is 3.20. The minimum atomic E-state index is -0.687. The third-order valence-corrected chi connectivity index (χ3v) is 5.93. The van der Waals surface area contributed by atoms with Crippen molar-refractivity contribution < 1.29 is 14.7 Å². The van der Waals surface area contributed by atoms with Crippen LogP contribution in [-0.2, 0) is 9.59 Å². The molecule has 6 heteroatoms. The molecule has 3 heterocycles. The number of Topliss-reactive ketones (excluding diaryl/α,β-unsaturated/α-hetero) is 1. The number of anilines is 1. The molecule has 1 amide bonds. The zero-order valence-corrected chi connectivity index (χ0v) is 16.2. The van der Waals surface area contributed by atoms with E-state index in [-0.39, 0.29) is 11.3 Å². The summed E-state index contributed by atoms with van der Waals surface area (Å²) in [5, 5.41) is 12.9. The van der Waals surface area contributed by atoms with Crippen LogP contribution in [0.5, 0.6) is 0 Å². The average Bonchev–Trinajstić information content (AvgIpc) is 3.24. The van der Waals surface area contributed by atoms with Crippen LogP contribution in [0.25, 0.3) is 5.76 Å². The molecule has 0 aliphatic carbocycles. The first kappa shape index (κ1) is 18.1. The van der Waals surface area contributed by atoms with Crippen LogP contribution >= 0.6 is 11.3 Å². The zero-order valence-electron chi connectivity index (χ0n) is 15.4. The smallest absolute Gasteiger partial charge is 0.300 e. The number of carbonyl (C=O) groups excluding carboxylic acids is 2. The van der Waals surface area contributed by atoms with Gasteiger partial charge in [0.05, 0.1) is 5.57 Å². The van der Waals surface area contributed by atoms with Gasteiger partial charge in [-0.2, -0.15) is 0 Å². The van der Waals surface area contributed by atoms with Gasteiger partial charge in [0.25, 0.3) is 11.7 Å². The number of thiophene rings is 1. The van der Waals surface area contributed by atoms with E-state index in [0.717, 1.165) is 16.0 Å². The van der Waals surface area contributed by atoms with E-state index < -0.39 is 17.7 Å². The summed E-state index contributed by atoms with van der Waals surface area (Å²) in [6.07, 6.45) is 3.08. The van der Waals surface area contributed by atoms with Gasteiger partial charge in [0, 0.05) is 28.5 Å². The number of aliphatic hydroxyl groups excluding tert-OH is 1. The van der Waals surface area contributed by atoms with Gasteiger partial charge in [-0.05, 0) is 55.1 Å². The van der Waals surface area contributed by atoms with E-state index in [9.17, 15) is 14.7 Å². The van der Waals surface area contributed by atoms with Gasteiger partial charge in [0.1, 0.15) is 11.8 Å². The number of rotatable bonds is 3. The second-order valence-corrected chi connectivity index (χ2v) is 7.66. The van der Waals surface area contributed by atoms with Crippen LogP contribution in [0.2, 0.25) is 0 Å². The molecule has 1 unspecified atom stereocenters. The van der Waals surface area contributed by atoms with Crippen molar-refractivity contribution in [3.63, 3.8) is 0 Å². The molecule has 0 radical (unpaired) electrons.